The second-order valence-electron chi connectivity index (χ2n) is 8.54. The molecule has 3 aliphatic rings. The van der Waals surface area contributed by atoms with Crippen molar-refractivity contribution >= 4 is 35.0 Å². The first kappa shape index (κ1) is 19.5. The van der Waals surface area contributed by atoms with E-state index in [1.54, 1.807) is 7.11 Å². The molecular formula is C25H24N2O4. The molecule has 0 spiro atoms. The second-order valence-corrected chi connectivity index (χ2v) is 8.54. The van der Waals surface area contributed by atoms with E-state index in [2.05, 4.69) is 0 Å². The van der Waals surface area contributed by atoms with Crippen molar-refractivity contribution in [2.24, 2.45) is 11.8 Å². The van der Waals surface area contributed by atoms with Crippen LogP contribution in [0.2, 0.25) is 0 Å². The van der Waals surface area contributed by atoms with Gasteiger partial charge < -0.3 is 9.64 Å². The van der Waals surface area contributed by atoms with Gasteiger partial charge >= 0.3 is 0 Å². The number of amides is 2. The highest BCUT2D eigenvalue weighted by molar-refractivity contribution is 6.25. The summed E-state index contributed by atoms with van der Waals surface area (Å²) in [5.41, 5.74) is 4.14. The van der Waals surface area contributed by atoms with Crippen LogP contribution >= 0.6 is 0 Å². The van der Waals surface area contributed by atoms with E-state index in [-0.39, 0.29) is 23.6 Å². The number of nitrogens with zero attached hydrogens (tertiary/aromatic N) is 2. The van der Waals surface area contributed by atoms with Gasteiger partial charge in [-0.1, -0.05) is 30.4 Å². The molecule has 0 radical (unpaired) electrons. The largest absolute Gasteiger partial charge is 0.497 e. The van der Waals surface area contributed by atoms with Gasteiger partial charge in [-0.25, -0.2) is 4.90 Å². The van der Waals surface area contributed by atoms with E-state index in [9.17, 15) is 14.4 Å². The molecular weight excluding hydrogens is 392 g/mol. The third-order valence-corrected chi connectivity index (χ3v) is 6.79. The zero-order valence-corrected chi connectivity index (χ0v) is 18.0. The number of benzene rings is 2. The first-order valence-electron chi connectivity index (χ1n) is 10.4. The number of ether oxygens (including phenoxy) is 1. The molecule has 0 aromatic heterocycles. The molecule has 2 saturated heterocycles. The standard InChI is InChI=1S/C25H24N2O4/c1-13-6-5-7-14(2)22(13)27-24(29)20-19-10-8-16-12-17(31-4)9-11-18(16)26(19)23(15(3)28)21(20)25(27)30/h5-12,19-21,23H,1-4H3/t19-,20+,21+,23+/m1/s1. The lowest BCUT2D eigenvalue weighted by molar-refractivity contribution is -0.126. The fraction of sp³-hybridized carbons (Fsp3) is 0.320. The van der Waals surface area contributed by atoms with Gasteiger partial charge in [0.05, 0.1) is 30.7 Å². The molecule has 0 aliphatic carbocycles. The number of Topliss-reactive ketones (excluding diaryl/α,β-unsaturated/α-hetero) is 1. The maximum Gasteiger partial charge on any atom is 0.240 e. The summed E-state index contributed by atoms with van der Waals surface area (Å²) in [6, 6.07) is 10.3. The molecule has 0 bridgehead atoms. The van der Waals surface area contributed by atoms with Gasteiger partial charge in [0.2, 0.25) is 11.8 Å². The molecule has 3 heterocycles. The molecule has 0 unspecified atom stereocenters. The number of fused-ring (bicyclic) bond motifs is 5. The van der Waals surface area contributed by atoms with E-state index in [1.807, 2.05) is 67.3 Å². The Morgan fingerprint density at radius 3 is 2.32 bits per heavy atom. The Kier molecular flexibility index (Phi) is 4.29. The monoisotopic (exact) mass is 416 g/mol. The van der Waals surface area contributed by atoms with Crippen LogP contribution in [-0.2, 0) is 14.4 Å². The van der Waals surface area contributed by atoms with Gasteiger partial charge in [0.15, 0.2) is 5.78 Å². The Bertz CT molecular complexity index is 1150. The molecule has 2 amide bonds. The predicted octanol–water partition coefficient (Wildman–Crippen LogP) is 3.29. The normalized spacial score (nSPS) is 26.1. The quantitative estimate of drug-likeness (QED) is 0.719. The van der Waals surface area contributed by atoms with Crippen molar-refractivity contribution in [1.82, 2.24) is 0 Å². The average Bonchev–Trinajstić information content (AvgIpc) is 3.22. The highest BCUT2D eigenvalue weighted by atomic mass is 16.5. The molecule has 5 rings (SSSR count). The number of methoxy groups -OCH3 is 1. The van der Waals surface area contributed by atoms with Crippen LogP contribution < -0.4 is 14.5 Å². The first-order valence-corrected chi connectivity index (χ1v) is 10.4. The van der Waals surface area contributed by atoms with Gasteiger partial charge in [-0.3, -0.25) is 14.4 Å². The van der Waals surface area contributed by atoms with Crippen LogP contribution in [0.15, 0.2) is 42.5 Å². The van der Waals surface area contributed by atoms with Crippen molar-refractivity contribution in [3.05, 3.63) is 59.2 Å². The molecule has 2 aromatic carbocycles. The number of carbonyl (C=O) groups is 3. The van der Waals surface area contributed by atoms with Crippen molar-refractivity contribution in [2.45, 2.75) is 32.9 Å². The Hall–Kier alpha value is -3.41. The van der Waals surface area contributed by atoms with E-state index < -0.39 is 17.9 Å². The first-order chi connectivity index (χ1) is 14.8. The molecule has 4 atom stereocenters. The van der Waals surface area contributed by atoms with Gasteiger partial charge in [-0.15, -0.1) is 0 Å². The van der Waals surface area contributed by atoms with Crippen LogP contribution in [0.1, 0.15) is 23.6 Å². The van der Waals surface area contributed by atoms with Gasteiger partial charge in [0.1, 0.15) is 11.8 Å². The number of aryl methyl sites for hydroxylation is 2. The number of hydrogen-bond donors (Lipinski definition) is 0. The van der Waals surface area contributed by atoms with Gasteiger partial charge in [0, 0.05) is 11.3 Å². The van der Waals surface area contributed by atoms with Crippen molar-refractivity contribution in [2.75, 3.05) is 16.9 Å². The maximum absolute atomic E-state index is 13.7. The summed E-state index contributed by atoms with van der Waals surface area (Å²) in [6.45, 7) is 5.30. The summed E-state index contributed by atoms with van der Waals surface area (Å²) in [7, 11) is 1.61. The van der Waals surface area contributed by atoms with Crippen LogP contribution in [0.4, 0.5) is 11.4 Å². The van der Waals surface area contributed by atoms with Crippen molar-refractivity contribution < 1.29 is 19.1 Å². The fourth-order valence-corrected chi connectivity index (χ4v) is 5.52. The molecule has 0 N–H and O–H groups in total. The smallest absolute Gasteiger partial charge is 0.240 e. The number of para-hydroxylation sites is 1. The molecule has 158 valence electrons. The van der Waals surface area contributed by atoms with Gasteiger partial charge in [0.25, 0.3) is 0 Å². The van der Waals surface area contributed by atoms with E-state index in [0.29, 0.717) is 11.4 Å². The zero-order chi connectivity index (χ0) is 22.0. The Balaban J connectivity index is 1.63. The summed E-state index contributed by atoms with van der Waals surface area (Å²) < 4.78 is 5.33. The SMILES string of the molecule is COc1ccc2c(c1)C=C[C@@H]1[C@@H]3C(=O)N(c4c(C)cccc4C)C(=O)[C@@H]3[C@H](C(C)=O)N21. The fourth-order valence-electron chi connectivity index (χ4n) is 5.52. The molecule has 2 fully saturated rings. The molecule has 31 heavy (non-hydrogen) atoms. The molecule has 3 aliphatic heterocycles. The van der Waals surface area contributed by atoms with Crippen molar-refractivity contribution in [3.63, 3.8) is 0 Å². The number of carbonyl (C=O) groups excluding carboxylic acids is 3. The van der Waals surface area contributed by atoms with E-state index >= 15 is 0 Å². The van der Waals surface area contributed by atoms with Crippen LogP contribution in [-0.4, -0.2) is 36.8 Å². The number of anilines is 2. The van der Waals surface area contributed by atoms with E-state index in [1.165, 1.54) is 11.8 Å². The Morgan fingerprint density at radius 1 is 1.00 bits per heavy atom. The summed E-state index contributed by atoms with van der Waals surface area (Å²) in [5, 5.41) is 0. The Morgan fingerprint density at radius 2 is 1.68 bits per heavy atom. The highest BCUT2D eigenvalue weighted by Gasteiger charge is 2.63. The third-order valence-electron chi connectivity index (χ3n) is 6.79. The van der Waals surface area contributed by atoms with E-state index in [4.69, 9.17) is 4.74 Å². The van der Waals surface area contributed by atoms with E-state index in [0.717, 1.165) is 22.4 Å². The minimum atomic E-state index is -0.702. The molecule has 0 saturated carbocycles. The van der Waals surface area contributed by atoms with Crippen LogP contribution in [0, 0.1) is 25.7 Å². The Labute approximate surface area is 181 Å². The average molecular weight is 416 g/mol. The van der Waals surface area contributed by atoms with Crippen LogP contribution in [0.3, 0.4) is 0 Å². The topological polar surface area (TPSA) is 66.9 Å². The minimum absolute atomic E-state index is 0.112. The van der Waals surface area contributed by atoms with Crippen LogP contribution in [0.5, 0.6) is 5.75 Å². The molecule has 2 aromatic rings. The number of ketones is 1. The number of hydrogen-bond acceptors (Lipinski definition) is 5. The zero-order valence-electron chi connectivity index (χ0n) is 18.0. The predicted molar refractivity (Wildman–Crippen MR) is 118 cm³/mol. The lowest BCUT2D eigenvalue weighted by Gasteiger charge is -2.36. The number of rotatable bonds is 3. The van der Waals surface area contributed by atoms with Crippen molar-refractivity contribution in [3.8, 4) is 5.75 Å². The maximum atomic E-state index is 13.7. The second kappa shape index (κ2) is 6.80. The van der Waals surface area contributed by atoms with Crippen LogP contribution in [0.25, 0.3) is 6.08 Å². The minimum Gasteiger partial charge on any atom is -0.497 e. The third kappa shape index (κ3) is 2.60. The summed E-state index contributed by atoms with van der Waals surface area (Å²) in [6.07, 6.45) is 3.90. The van der Waals surface area contributed by atoms with Gasteiger partial charge in [-0.2, -0.15) is 0 Å². The summed E-state index contributed by atoms with van der Waals surface area (Å²) in [5.74, 6) is -1.20. The van der Waals surface area contributed by atoms with Crippen molar-refractivity contribution in [1.29, 1.82) is 0 Å². The summed E-state index contributed by atoms with van der Waals surface area (Å²) >= 11 is 0. The van der Waals surface area contributed by atoms with Gasteiger partial charge in [-0.05, 0) is 50.1 Å². The molecule has 6 heteroatoms. The number of imide groups is 1. The lowest BCUT2D eigenvalue weighted by atomic mass is 9.88. The summed E-state index contributed by atoms with van der Waals surface area (Å²) in [4.78, 5) is 43.4. The lowest BCUT2D eigenvalue weighted by Crippen LogP contribution is -2.48. The molecule has 6 nitrogen and oxygen atoms in total. The highest BCUT2D eigenvalue weighted by Crippen LogP contribution is 2.50.